The van der Waals surface area contributed by atoms with Crippen molar-refractivity contribution in [3.63, 3.8) is 0 Å². The van der Waals surface area contributed by atoms with Crippen molar-refractivity contribution in [2.24, 2.45) is 17.8 Å². The van der Waals surface area contributed by atoms with Crippen LogP contribution in [0.1, 0.15) is 109 Å². The third kappa shape index (κ3) is 9.49. The van der Waals surface area contributed by atoms with Gasteiger partial charge in [0.15, 0.2) is 12.6 Å². The summed E-state index contributed by atoms with van der Waals surface area (Å²) in [5.74, 6) is 1.27. The maximum absolute atomic E-state index is 11.6. The van der Waals surface area contributed by atoms with Crippen LogP contribution in [0.15, 0.2) is 12.2 Å². The quantitative estimate of drug-likeness (QED) is 0.119. The van der Waals surface area contributed by atoms with E-state index in [1.54, 1.807) is 0 Å². The lowest BCUT2D eigenvalue weighted by atomic mass is 9.84. The molecular weight excluding hydrogens is 588 g/mol. The minimum Gasteiger partial charge on any atom is -0.469 e. The summed E-state index contributed by atoms with van der Waals surface area (Å²) < 4.78 is 36.8. The molecule has 3 saturated heterocycles. The van der Waals surface area contributed by atoms with E-state index in [1.165, 1.54) is 52.1 Å². The number of methoxy groups -OCH3 is 1. The number of rotatable bonds is 13. The van der Waals surface area contributed by atoms with Gasteiger partial charge in [0.25, 0.3) is 0 Å². The molecule has 0 aromatic rings. The van der Waals surface area contributed by atoms with Gasteiger partial charge in [0.2, 0.25) is 0 Å². The van der Waals surface area contributed by atoms with Crippen molar-refractivity contribution in [1.29, 1.82) is 0 Å². The molecule has 3 aliphatic heterocycles. The van der Waals surface area contributed by atoms with E-state index in [0.29, 0.717) is 12.3 Å². The van der Waals surface area contributed by atoms with Crippen molar-refractivity contribution in [1.82, 2.24) is 0 Å². The summed E-state index contributed by atoms with van der Waals surface area (Å²) in [4.78, 5) is 11.8. The number of fused-ring (bicyclic) bond motifs is 1. The summed E-state index contributed by atoms with van der Waals surface area (Å²) in [5.41, 5.74) is 0. The van der Waals surface area contributed by atoms with Gasteiger partial charge in [-0.25, -0.2) is 0 Å². The Bertz CT molecular complexity index is 785. The van der Waals surface area contributed by atoms with E-state index in [0.717, 1.165) is 76.9 Å². The number of esters is 1. The Balaban J connectivity index is 1.25. The van der Waals surface area contributed by atoms with Gasteiger partial charge in [-0.15, -0.1) is 0 Å². The summed E-state index contributed by atoms with van der Waals surface area (Å²) in [6, 6.07) is 0. The van der Waals surface area contributed by atoms with Gasteiger partial charge in [0, 0.05) is 36.8 Å². The Morgan fingerprint density at radius 3 is 2.39 bits per heavy atom. The van der Waals surface area contributed by atoms with Gasteiger partial charge in [0.05, 0.1) is 31.5 Å². The van der Waals surface area contributed by atoms with Gasteiger partial charge >= 0.3 is 5.97 Å². The largest absolute Gasteiger partial charge is 0.469 e. The van der Waals surface area contributed by atoms with Crippen molar-refractivity contribution < 1.29 is 33.2 Å². The second-order valence-corrected chi connectivity index (χ2v) is 14.2. The molecule has 4 unspecified atom stereocenters. The molecule has 41 heavy (non-hydrogen) atoms. The highest BCUT2D eigenvalue weighted by Crippen LogP contribution is 2.48. The zero-order valence-corrected chi connectivity index (χ0v) is 26.7. The third-order valence-electron chi connectivity index (χ3n) is 9.98. The number of hydrogen-bond acceptors (Lipinski definition) is 7. The topological polar surface area (TPSA) is 72.5 Å². The highest BCUT2D eigenvalue weighted by molar-refractivity contribution is 9.09. The highest BCUT2D eigenvalue weighted by atomic mass is 79.9. The molecule has 0 bridgehead atoms. The summed E-state index contributed by atoms with van der Waals surface area (Å²) in [6.45, 7) is 1.60. The number of halogens is 1. The summed E-state index contributed by atoms with van der Waals surface area (Å²) in [6.07, 6.45) is 23.5. The maximum Gasteiger partial charge on any atom is 0.305 e. The summed E-state index contributed by atoms with van der Waals surface area (Å²) in [5, 5.41) is 0. The van der Waals surface area contributed by atoms with Crippen LogP contribution in [0.2, 0.25) is 0 Å². The fourth-order valence-electron chi connectivity index (χ4n) is 7.68. The first kappa shape index (κ1) is 31.9. The van der Waals surface area contributed by atoms with Gasteiger partial charge in [-0.2, -0.15) is 0 Å². The molecule has 2 aliphatic carbocycles. The Morgan fingerprint density at radius 2 is 1.68 bits per heavy atom. The molecule has 7 nitrogen and oxygen atoms in total. The molecule has 234 valence electrons. The van der Waals surface area contributed by atoms with Crippen molar-refractivity contribution in [3.8, 4) is 0 Å². The van der Waals surface area contributed by atoms with Crippen LogP contribution in [0.3, 0.4) is 0 Å². The monoisotopic (exact) mass is 640 g/mol. The van der Waals surface area contributed by atoms with E-state index in [4.69, 9.17) is 28.4 Å². The molecule has 0 N–H and O–H groups in total. The fourth-order valence-corrected chi connectivity index (χ4v) is 8.35. The molecule has 5 rings (SSSR count). The van der Waals surface area contributed by atoms with Crippen LogP contribution >= 0.6 is 15.9 Å². The minimum absolute atomic E-state index is 0.0761. The van der Waals surface area contributed by atoms with E-state index in [9.17, 15) is 4.79 Å². The van der Waals surface area contributed by atoms with Crippen LogP contribution in [-0.4, -0.2) is 68.1 Å². The van der Waals surface area contributed by atoms with Crippen molar-refractivity contribution in [2.75, 3.05) is 20.3 Å². The predicted octanol–water partition coefficient (Wildman–Crippen LogP) is 7.24. The van der Waals surface area contributed by atoms with Crippen LogP contribution in [0.4, 0.5) is 0 Å². The lowest BCUT2D eigenvalue weighted by Crippen LogP contribution is -2.32. The molecule has 0 aromatic carbocycles. The second kappa shape index (κ2) is 16.5. The Kier molecular flexibility index (Phi) is 12.9. The number of carbonyl (C=O) groups excluding carboxylic acids is 1. The van der Waals surface area contributed by atoms with E-state index < -0.39 is 0 Å². The lowest BCUT2D eigenvalue weighted by Gasteiger charge is -2.31. The van der Waals surface area contributed by atoms with Crippen molar-refractivity contribution in [2.45, 2.75) is 151 Å². The zero-order chi connectivity index (χ0) is 28.4. The summed E-state index contributed by atoms with van der Waals surface area (Å²) >= 11 is 3.89. The molecular formula is C33H53BrO7. The third-order valence-corrected chi connectivity index (χ3v) is 11.0. The Hall–Kier alpha value is -0.510. The zero-order valence-electron chi connectivity index (χ0n) is 25.1. The first-order chi connectivity index (χ1) is 20.1. The van der Waals surface area contributed by atoms with Crippen LogP contribution in [0, 0.1) is 17.8 Å². The van der Waals surface area contributed by atoms with Gasteiger partial charge < -0.3 is 28.4 Å². The van der Waals surface area contributed by atoms with E-state index in [-0.39, 0.29) is 53.7 Å². The number of alkyl halides is 1. The van der Waals surface area contributed by atoms with Crippen molar-refractivity contribution in [3.05, 3.63) is 12.2 Å². The van der Waals surface area contributed by atoms with Crippen LogP contribution in [0.5, 0.6) is 0 Å². The van der Waals surface area contributed by atoms with Crippen LogP contribution < -0.4 is 0 Å². The first-order valence-electron chi connectivity index (χ1n) is 16.7. The molecule has 5 fully saturated rings. The van der Waals surface area contributed by atoms with Gasteiger partial charge in [-0.3, -0.25) is 4.79 Å². The normalized spacial score (nSPS) is 36.3. The first-order valence-corrected chi connectivity index (χ1v) is 17.6. The van der Waals surface area contributed by atoms with E-state index >= 15 is 0 Å². The Morgan fingerprint density at radius 1 is 0.951 bits per heavy atom. The molecule has 5 aliphatic rings. The Labute approximate surface area is 255 Å². The smallest absolute Gasteiger partial charge is 0.305 e. The van der Waals surface area contributed by atoms with Crippen molar-refractivity contribution >= 4 is 21.9 Å². The van der Waals surface area contributed by atoms with Gasteiger partial charge in [-0.1, -0.05) is 60.2 Å². The molecule has 8 heteroatoms. The number of hydrogen-bond donors (Lipinski definition) is 0. The average Bonchev–Trinajstić information content (AvgIpc) is 3.55. The number of carbonyl (C=O) groups is 1. The second-order valence-electron chi connectivity index (χ2n) is 13.0. The summed E-state index contributed by atoms with van der Waals surface area (Å²) in [7, 11) is 1.45. The maximum atomic E-state index is 11.6. The fraction of sp³-hybridized carbons (Fsp3) is 0.909. The highest BCUT2D eigenvalue weighted by Gasteiger charge is 2.51. The minimum atomic E-state index is -0.146. The average molecular weight is 642 g/mol. The molecule has 3 heterocycles. The van der Waals surface area contributed by atoms with Gasteiger partial charge in [-0.05, 0) is 76.0 Å². The molecule has 9 atom stereocenters. The number of ether oxygens (including phenoxy) is 6. The van der Waals surface area contributed by atoms with E-state index in [1.807, 2.05) is 0 Å². The van der Waals surface area contributed by atoms with Crippen LogP contribution in [-0.2, 0) is 33.2 Å². The van der Waals surface area contributed by atoms with Crippen LogP contribution in [0.25, 0.3) is 0 Å². The lowest BCUT2D eigenvalue weighted by molar-refractivity contribution is -0.194. The molecule has 2 saturated carbocycles. The molecule has 0 aromatic heterocycles. The van der Waals surface area contributed by atoms with E-state index in [2.05, 4.69) is 28.1 Å². The van der Waals surface area contributed by atoms with Gasteiger partial charge in [0.1, 0.15) is 0 Å². The SMILES string of the molecule is COC(=O)CCCC(Br)C1C[C@@H]2[C@@H](C=C[C@H](CC3CCCCC3)OC3CCCCO3)[C@H](OC3CCCCO3)C[C@H]2O1. The molecule has 0 radical (unpaired) electrons. The standard InChI is InChI=1S/C33H53BrO7/c1-36-31(35)13-9-12-27(34)30-21-26-25(28(22-29(26)40-30)41-33-15-6-8-19-38-33)17-16-24(20-23-10-3-2-4-11-23)39-32-14-5-7-18-37-32/h16-17,23-30,32-33H,2-15,18-22H2,1H3/t24-,25-,26-,27?,28-,29-,30?,32?,33?/m1/s1. The molecule has 0 amide bonds. The predicted molar refractivity (Wildman–Crippen MR) is 161 cm³/mol. The molecule has 0 spiro atoms.